The minimum absolute atomic E-state index is 0.0444. The molecule has 1 aliphatic heterocycles. The summed E-state index contributed by atoms with van der Waals surface area (Å²) >= 11 is 5.64. The lowest BCUT2D eigenvalue weighted by atomic mass is 9.85. The number of aliphatic imine (C=N–C) groups is 1. The van der Waals surface area contributed by atoms with Gasteiger partial charge < -0.3 is 10.1 Å². The molecular formula is C24H27ClN2O3. The molecule has 1 N–H and O–H groups in total. The van der Waals surface area contributed by atoms with Crippen LogP contribution in [0.2, 0.25) is 0 Å². The number of alkyl halides is 1. The van der Waals surface area contributed by atoms with Crippen molar-refractivity contribution >= 4 is 34.7 Å². The Hall–Kier alpha value is -2.66. The van der Waals surface area contributed by atoms with E-state index in [1.165, 1.54) is 5.56 Å². The number of Topliss-reactive ketones (excluding diaryl/α,β-unsaturated/α-hetero) is 1. The maximum atomic E-state index is 13.1. The SMILES string of the molecule is COc1ccc2c(c1)C(CC(=O)c1cccc(NC(=O)CCCCl)c1)=NC(C)(C)C2. The Morgan fingerprint density at radius 2 is 2.00 bits per heavy atom. The number of carbonyl (C=O) groups is 2. The zero-order valence-electron chi connectivity index (χ0n) is 17.6. The Morgan fingerprint density at radius 1 is 1.20 bits per heavy atom. The molecule has 0 aromatic heterocycles. The van der Waals surface area contributed by atoms with Gasteiger partial charge in [0.15, 0.2) is 5.78 Å². The number of rotatable bonds is 8. The van der Waals surface area contributed by atoms with Crippen LogP contribution >= 0.6 is 11.6 Å². The van der Waals surface area contributed by atoms with Gasteiger partial charge in [0, 0.05) is 29.1 Å². The summed E-state index contributed by atoms with van der Waals surface area (Å²) in [5.41, 5.74) is 3.78. The van der Waals surface area contributed by atoms with E-state index in [0.717, 1.165) is 23.4 Å². The van der Waals surface area contributed by atoms with Crippen molar-refractivity contribution in [3.63, 3.8) is 0 Å². The number of halogens is 1. The Bertz CT molecular complexity index is 982. The Labute approximate surface area is 182 Å². The fourth-order valence-electron chi connectivity index (χ4n) is 3.65. The van der Waals surface area contributed by atoms with Crippen LogP contribution in [0.15, 0.2) is 47.5 Å². The van der Waals surface area contributed by atoms with Crippen molar-refractivity contribution in [1.29, 1.82) is 0 Å². The van der Waals surface area contributed by atoms with Gasteiger partial charge in [-0.15, -0.1) is 11.6 Å². The summed E-state index contributed by atoms with van der Waals surface area (Å²) in [6.45, 7) is 4.14. The van der Waals surface area contributed by atoms with E-state index in [1.807, 2.05) is 18.2 Å². The molecule has 1 aliphatic rings. The first-order valence-electron chi connectivity index (χ1n) is 10.1. The summed E-state index contributed by atoms with van der Waals surface area (Å²) < 4.78 is 5.36. The van der Waals surface area contributed by atoms with E-state index in [0.29, 0.717) is 30.0 Å². The number of amides is 1. The van der Waals surface area contributed by atoms with Crippen LogP contribution in [0.3, 0.4) is 0 Å². The number of fused-ring (bicyclic) bond motifs is 1. The summed E-state index contributed by atoms with van der Waals surface area (Å²) in [4.78, 5) is 29.9. The number of ether oxygens (including phenoxy) is 1. The molecule has 6 heteroatoms. The first-order chi connectivity index (χ1) is 14.3. The number of benzene rings is 2. The maximum Gasteiger partial charge on any atom is 0.224 e. The lowest BCUT2D eigenvalue weighted by Gasteiger charge is -2.29. The molecule has 5 nitrogen and oxygen atoms in total. The van der Waals surface area contributed by atoms with Gasteiger partial charge in [-0.2, -0.15) is 0 Å². The zero-order chi connectivity index (χ0) is 21.7. The number of hydrogen-bond acceptors (Lipinski definition) is 4. The van der Waals surface area contributed by atoms with Gasteiger partial charge in [0.05, 0.1) is 24.8 Å². The number of nitrogens with one attached hydrogen (secondary N) is 1. The van der Waals surface area contributed by atoms with Crippen LogP contribution in [0.1, 0.15) is 54.6 Å². The molecule has 2 aromatic rings. The van der Waals surface area contributed by atoms with E-state index in [9.17, 15) is 9.59 Å². The average Bonchev–Trinajstić information content (AvgIpc) is 2.71. The maximum absolute atomic E-state index is 13.1. The van der Waals surface area contributed by atoms with E-state index in [4.69, 9.17) is 21.3 Å². The molecule has 30 heavy (non-hydrogen) atoms. The number of nitrogens with zero attached hydrogens (tertiary/aromatic N) is 1. The summed E-state index contributed by atoms with van der Waals surface area (Å²) in [5.74, 6) is 1.03. The number of methoxy groups -OCH3 is 1. The third-order valence-corrected chi connectivity index (χ3v) is 5.29. The molecule has 0 aliphatic carbocycles. The van der Waals surface area contributed by atoms with Gasteiger partial charge in [0.25, 0.3) is 0 Å². The van der Waals surface area contributed by atoms with Gasteiger partial charge in [-0.3, -0.25) is 14.6 Å². The number of carbonyl (C=O) groups excluding carboxylic acids is 2. The Kier molecular flexibility index (Phi) is 6.93. The fourth-order valence-corrected chi connectivity index (χ4v) is 3.78. The van der Waals surface area contributed by atoms with Gasteiger partial charge in [0.2, 0.25) is 5.91 Å². The fraction of sp³-hybridized carbons (Fsp3) is 0.375. The smallest absolute Gasteiger partial charge is 0.224 e. The highest BCUT2D eigenvalue weighted by atomic mass is 35.5. The normalized spacial score (nSPS) is 14.5. The summed E-state index contributed by atoms with van der Waals surface area (Å²) in [5, 5.41) is 2.82. The molecule has 0 atom stereocenters. The Morgan fingerprint density at radius 3 is 2.73 bits per heavy atom. The van der Waals surface area contributed by atoms with E-state index in [1.54, 1.807) is 31.4 Å². The molecule has 0 spiro atoms. The van der Waals surface area contributed by atoms with Gasteiger partial charge in [-0.1, -0.05) is 18.2 Å². The summed E-state index contributed by atoms with van der Waals surface area (Å²) in [7, 11) is 1.63. The molecule has 0 unspecified atom stereocenters. The molecule has 1 amide bonds. The summed E-state index contributed by atoms with van der Waals surface area (Å²) in [6.07, 6.45) is 1.97. The third kappa shape index (κ3) is 5.48. The van der Waals surface area contributed by atoms with E-state index in [2.05, 4.69) is 19.2 Å². The van der Waals surface area contributed by atoms with Gasteiger partial charge >= 0.3 is 0 Å². The minimum Gasteiger partial charge on any atom is -0.497 e. The zero-order valence-corrected chi connectivity index (χ0v) is 18.4. The molecule has 0 radical (unpaired) electrons. The minimum atomic E-state index is -0.268. The molecule has 3 rings (SSSR count). The average molecular weight is 427 g/mol. The second kappa shape index (κ2) is 9.43. The highest BCUT2D eigenvalue weighted by Gasteiger charge is 2.28. The highest BCUT2D eigenvalue weighted by molar-refractivity contribution is 6.18. The van der Waals surface area contributed by atoms with Crippen molar-refractivity contribution in [3.05, 3.63) is 59.2 Å². The van der Waals surface area contributed by atoms with Gasteiger partial charge in [0.1, 0.15) is 5.75 Å². The standard InChI is InChI=1S/C24H27ClN2O3/c1-24(2)15-17-9-10-19(30-3)13-20(17)21(27-24)14-22(28)16-6-4-7-18(12-16)26-23(29)8-5-11-25/h4,6-7,9-10,12-13H,5,8,11,14-15H2,1-3H3,(H,26,29). The van der Waals surface area contributed by atoms with E-state index < -0.39 is 0 Å². The van der Waals surface area contributed by atoms with Crippen molar-refractivity contribution in [2.45, 2.75) is 45.1 Å². The molecule has 0 bridgehead atoms. The van der Waals surface area contributed by atoms with Crippen LogP contribution in [-0.2, 0) is 11.2 Å². The van der Waals surface area contributed by atoms with Gasteiger partial charge in [-0.05, 0) is 56.5 Å². The number of anilines is 1. The predicted molar refractivity (Wildman–Crippen MR) is 121 cm³/mol. The van der Waals surface area contributed by atoms with Crippen LogP contribution in [-0.4, -0.2) is 35.9 Å². The molecule has 0 fully saturated rings. The van der Waals surface area contributed by atoms with Crippen LogP contribution in [0, 0.1) is 0 Å². The number of hydrogen-bond donors (Lipinski definition) is 1. The number of ketones is 1. The first-order valence-corrected chi connectivity index (χ1v) is 10.6. The third-order valence-electron chi connectivity index (χ3n) is 5.02. The molecule has 2 aromatic carbocycles. The van der Waals surface area contributed by atoms with Crippen molar-refractivity contribution in [2.24, 2.45) is 4.99 Å². The van der Waals surface area contributed by atoms with Crippen molar-refractivity contribution in [2.75, 3.05) is 18.3 Å². The monoisotopic (exact) mass is 426 g/mol. The molecule has 0 saturated heterocycles. The summed E-state index contributed by atoms with van der Waals surface area (Å²) in [6, 6.07) is 13.0. The largest absolute Gasteiger partial charge is 0.497 e. The van der Waals surface area contributed by atoms with E-state index in [-0.39, 0.29) is 23.7 Å². The molecule has 0 saturated carbocycles. The second-order valence-electron chi connectivity index (χ2n) is 8.09. The van der Waals surface area contributed by atoms with Crippen LogP contribution in [0.4, 0.5) is 5.69 Å². The Balaban J connectivity index is 1.81. The van der Waals surface area contributed by atoms with Crippen molar-refractivity contribution < 1.29 is 14.3 Å². The van der Waals surface area contributed by atoms with E-state index >= 15 is 0 Å². The highest BCUT2D eigenvalue weighted by Crippen LogP contribution is 2.31. The lowest BCUT2D eigenvalue weighted by Crippen LogP contribution is -2.30. The topological polar surface area (TPSA) is 67.8 Å². The molecule has 1 heterocycles. The van der Waals surface area contributed by atoms with Crippen molar-refractivity contribution in [1.82, 2.24) is 0 Å². The lowest BCUT2D eigenvalue weighted by molar-refractivity contribution is -0.116. The first kappa shape index (κ1) is 22.0. The molecular weight excluding hydrogens is 400 g/mol. The second-order valence-corrected chi connectivity index (χ2v) is 8.47. The van der Waals surface area contributed by atoms with Gasteiger partial charge in [-0.25, -0.2) is 0 Å². The van der Waals surface area contributed by atoms with Crippen LogP contribution in [0.25, 0.3) is 0 Å². The predicted octanol–water partition coefficient (Wildman–Crippen LogP) is 5.05. The van der Waals surface area contributed by atoms with Crippen LogP contribution in [0.5, 0.6) is 5.75 Å². The molecule has 158 valence electrons. The van der Waals surface area contributed by atoms with Crippen LogP contribution < -0.4 is 10.1 Å². The quantitative estimate of drug-likeness (QED) is 0.474. The van der Waals surface area contributed by atoms with Crippen molar-refractivity contribution in [3.8, 4) is 5.75 Å².